The van der Waals surface area contributed by atoms with Gasteiger partial charge < -0.3 is 41.8 Å². The Morgan fingerprint density at radius 1 is 0.347 bits per heavy atom. The molecule has 10 aromatic carbocycles. The minimum atomic E-state index is -0.125. The molecule has 0 saturated carbocycles. The number of hydrogen-bond donors (Lipinski definition) is 3. The summed E-state index contributed by atoms with van der Waals surface area (Å²) in [6.07, 6.45) is 3.50. The van der Waals surface area contributed by atoms with E-state index in [-0.39, 0.29) is 100 Å². The number of carbonyl (C=O) groups excluding carboxylic acids is 3. The normalized spacial score (nSPS) is 11.5. The van der Waals surface area contributed by atoms with Gasteiger partial charge in [0, 0.05) is 129 Å². The number of aliphatic hydroxyl groups is 3. The molecule has 3 radical (unpaired) electrons. The molecule has 9 heterocycles. The van der Waals surface area contributed by atoms with Crippen molar-refractivity contribution in [1.82, 2.24) is 15.0 Å². The van der Waals surface area contributed by atoms with E-state index in [0.29, 0.717) is 0 Å². The van der Waals surface area contributed by atoms with Crippen molar-refractivity contribution in [2.75, 3.05) is 0 Å². The third-order valence-electron chi connectivity index (χ3n) is 19.5. The number of carbonyl (C=O) groups is 3. The number of para-hydroxylation sites is 3. The van der Waals surface area contributed by atoms with Gasteiger partial charge in [0.05, 0.1) is 45.1 Å². The molecule has 9 aromatic heterocycles. The smallest absolute Gasteiger partial charge is 0.155 e. The summed E-state index contributed by atoms with van der Waals surface area (Å²) in [4.78, 5) is 44.8. The molecule has 18 heteroatoms. The second-order valence-electron chi connectivity index (χ2n) is 29.8. The molecule has 3 N–H and O–H groups in total. The number of allylic oxidation sites excluding steroid dienone is 6. The molecule has 0 amide bonds. The Bertz CT molecular complexity index is 6970. The van der Waals surface area contributed by atoms with E-state index in [4.69, 9.17) is 56.8 Å². The van der Waals surface area contributed by atoms with Gasteiger partial charge in [-0.2, -0.15) is 0 Å². The van der Waals surface area contributed by atoms with Crippen LogP contribution in [0.25, 0.3) is 178 Å². The van der Waals surface area contributed by atoms with Crippen molar-refractivity contribution in [1.29, 1.82) is 0 Å². The van der Waals surface area contributed by atoms with Crippen molar-refractivity contribution in [3.05, 3.63) is 331 Å². The van der Waals surface area contributed by atoms with Gasteiger partial charge in [-0.15, -0.1) is 54.6 Å². The molecule has 0 aliphatic heterocycles. The maximum atomic E-state index is 10.0. The summed E-state index contributed by atoms with van der Waals surface area (Å²) in [5.41, 5.74) is 25.5. The molecular formula is C103H84Ir3N3O12-3. The average molecular weight is 2130 g/mol. The third kappa shape index (κ3) is 20.4. The summed E-state index contributed by atoms with van der Waals surface area (Å²) in [5, 5.41) is 31.6. The summed E-state index contributed by atoms with van der Waals surface area (Å²) >= 11 is 0. The quantitative estimate of drug-likeness (QED) is 0.0657. The van der Waals surface area contributed by atoms with Crippen molar-refractivity contribution in [3.63, 3.8) is 0 Å². The Balaban J connectivity index is 0.000000157. The summed E-state index contributed by atoms with van der Waals surface area (Å²) < 4.78 is 36.9. The third-order valence-corrected chi connectivity index (χ3v) is 19.5. The van der Waals surface area contributed by atoms with Crippen LogP contribution >= 0.6 is 0 Å². The van der Waals surface area contributed by atoms with Crippen LogP contribution in [0.1, 0.15) is 84.6 Å². The van der Waals surface area contributed by atoms with Crippen LogP contribution in [0, 0.1) is 39.0 Å². The molecule has 0 fully saturated rings. The number of aryl methyl sites for hydroxylation is 3. The number of fused-ring (bicyclic) bond motifs is 12. The number of furan rings is 6. The number of benzene rings is 10. The molecule has 0 spiro atoms. The summed E-state index contributed by atoms with van der Waals surface area (Å²) in [5.74, 6) is 2.29. The molecule has 0 aliphatic rings. The van der Waals surface area contributed by atoms with Gasteiger partial charge in [0.2, 0.25) is 0 Å². The van der Waals surface area contributed by atoms with E-state index in [9.17, 15) is 14.4 Å². The number of nitrogens with zero attached hydrogens (tertiary/aromatic N) is 3. The predicted molar refractivity (Wildman–Crippen MR) is 473 cm³/mol. The Labute approximate surface area is 740 Å². The van der Waals surface area contributed by atoms with Gasteiger partial charge in [0.25, 0.3) is 0 Å². The van der Waals surface area contributed by atoms with Crippen LogP contribution < -0.4 is 0 Å². The number of pyridine rings is 3. The number of rotatable bonds is 10. The maximum absolute atomic E-state index is 10.0. The minimum Gasteiger partial charge on any atom is -0.512 e. The number of ketones is 3. The van der Waals surface area contributed by atoms with Crippen LogP contribution in [0.15, 0.2) is 317 Å². The van der Waals surface area contributed by atoms with E-state index in [1.165, 1.54) is 87.6 Å². The topological polar surface area (TPSA) is 229 Å². The molecule has 0 atom stereocenters. The molecule has 15 nitrogen and oxygen atoms in total. The molecule has 121 heavy (non-hydrogen) atoms. The van der Waals surface area contributed by atoms with Crippen LogP contribution in [0.2, 0.25) is 0 Å². The van der Waals surface area contributed by atoms with Gasteiger partial charge in [-0.25, -0.2) is 0 Å². The van der Waals surface area contributed by atoms with E-state index >= 15 is 0 Å². The first-order valence-electron chi connectivity index (χ1n) is 38.5. The van der Waals surface area contributed by atoms with Crippen molar-refractivity contribution in [2.45, 2.75) is 88.5 Å². The zero-order chi connectivity index (χ0) is 83.1. The molecule has 0 unspecified atom stereocenters. The Kier molecular flexibility index (Phi) is 28.7. The average Bonchev–Trinajstić information content (AvgIpc) is 1.62. The molecule has 613 valence electrons. The summed E-state index contributed by atoms with van der Waals surface area (Å²) in [7, 11) is 0. The predicted octanol–water partition coefficient (Wildman–Crippen LogP) is 27.6. The molecule has 0 saturated heterocycles. The Morgan fingerprint density at radius 3 is 1.07 bits per heavy atom. The van der Waals surface area contributed by atoms with Crippen molar-refractivity contribution in [3.8, 4) is 78.9 Å². The monoisotopic (exact) mass is 2130 g/mol. The van der Waals surface area contributed by atoms with Crippen LogP contribution in [-0.2, 0) is 80.1 Å². The van der Waals surface area contributed by atoms with Crippen LogP contribution in [0.3, 0.4) is 0 Å². The van der Waals surface area contributed by atoms with E-state index in [1.54, 1.807) is 0 Å². The number of aromatic nitrogens is 3. The zero-order valence-corrected chi connectivity index (χ0v) is 75.5. The van der Waals surface area contributed by atoms with E-state index in [2.05, 4.69) is 157 Å². The van der Waals surface area contributed by atoms with E-state index < -0.39 is 0 Å². The first kappa shape index (κ1) is 89.0. The van der Waals surface area contributed by atoms with Gasteiger partial charge in [-0.3, -0.25) is 29.3 Å². The van der Waals surface area contributed by atoms with Crippen molar-refractivity contribution < 1.29 is 117 Å². The second-order valence-corrected chi connectivity index (χ2v) is 29.8. The maximum Gasteiger partial charge on any atom is 0.155 e. The SMILES string of the molecule is CC(=O)C=C(C)O.CC(=O)C=C(C)O.CC(=O)C=C(C)O.CC(C)(C)c1ccc(-c2cc3nc(-c4[c-]ccc5c4oc4ccccc45)ccc3o2)cc1.Cc1c(-c2ccccc2)oc2ccc(-c3[c-]ccc4c3oc3ccccc34)nc12.Cc1cccc(C)c1-c1ccc(-c2cc3nc(-c4[c-]ccc5c4oc4ccccc45)ccc3o2)cc1.[Ir].[Ir].[Ir]. The fourth-order valence-corrected chi connectivity index (χ4v) is 14.2. The van der Waals surface area contributed by atoms with Crippen LogP contribution in [0.4, 0.5) is 0 Å². The number of aliphatic hydroxyl groups excluding tert-OH is 3. The molecule has 19 rings (SSSR count). The van der Waals surface area contributed by atoms with Crippen molar-refractivity contribution in [2.24, 2.45) is 0 Å². The second kappa shape index (κ2) is 39.0. The number of hydrogen-bond acceptors (Lipinski definition) is 15. The fourth-order valence-electron chi connectivity index (χ4n) is 14.2. The Morgan fingerprint density at radius 2 is 0.702 bits per heavy atom. The van der Waals surface area contributed by atoms with Crippen molar-refractivity contribution >= 4 is 116 Å². The first-order chi connectivity index (χ1) is 56.8. The molecule has 0 aliphatic carbocycles. The standard InChI is InChI=1S/C33H22NO2.C29H22NO2.C26H16NO2.3C5H8O2.3Ir/c1-20-7-5-8-21(2)32(20)23-15-13-22(14-16-23)31-19-28-30(35-31)18-17-27(34-28)26-11-6-10-25-24-9-3-4-12-29(24)36-33(25)26;1-29(2,3)19-13-11-18(12-14-19)27-17-24-26(31-27)16-15-23(30-24)22-9-6-8-21-20-7-4-5-10-25(20)32-28(21)22;1-16-24-23(29-25(16)17-8-3-2-4-9-17)15-14-21(27-24)20-12-7-11-19-18-10-5-6-13-22(18)28-26(19)20;3*1-4(6)3-5(2)7;;;/h3-10,12-19H,1-2H3;4-8,10-17H,1-3H3;2-11,13-15H,1H3;3*3,6H,1-2H3;;;/q3*-1;;;;;;. The molecule has 0 bridgehead atoms. The van der Waals surface area contributed by atoms with Gasteiger partial charge >= 0.3 is 0 Å². The fraction of sp³-hybridized carbons (Fsp3) is 0.126. The summed E-state index contributed by atoms with van der Waals surface area (Å²) in [6, 6.07) is 95.6. The Hall–Kier alpha value is -12.8. The molecular weight excluding hydrogens is 2050 g/mol. The molecule has 19 aromatic rings. The van der Waals surface area contributed by atoms with Gasteiger partial charge in [0.15, 0.2) is 34.1 Å². The van der Waals surface area contributed by atoms with E-state index in [1.807, 2.05) is 158 Å². The van der Waals surface area contributed by atoms with Gasteiger partial charge in [-0.1, -0.05) is 223 Å². The van der Waals surface area contributed by atoms with Gasteiger partial charge in [-0.05, 0) is 149 Å². The van der Waals surface area contributed by atoms with Crippen LogP contribution in [0.5, 0.6) is 0 Å². The zero-order valence-electron chi connectivity index (χ0n) is 68.3. The minimum absolute atomic E-state index is 0. The van der Waals surface area contributed by atoms with Crippen LogP contribution in [-0.4, -0.2) is 47.6 Å². The first-order valence-corrected chi connectivity index (χ1v) is 38.5. The summed E-state index contributed by atoms with van der Waals surface area (Å²) in [6.45, 7) is 21.6. The largest absolute Gasteiger partial charge is 0.512 e. The van der Waals surface area contributed by atoms with Gasteiger partial charge in [0.1, 0.15) is 39.5 Å². The van der Waals surface area contributed by atoms with E-state index in [0.717, 1.165) is 172 Å².